The van der Waals surface area contributed by atoms with E-state index in [9.17, 15) is 13.9 Å². The van der Waals surface area contributed by atoms with E-state index >= 15 is 0 Å². The highest BCUT2D eigenvalue weighted by atomic mass is 19.1. The Balaban J connectivity index is 0.000000121. The Morgan fingerprint density at radius 1 is 0.277 bits per heavy atom. The van der Waals surface area contributed by atoms with Crippen molar-refractivity contribution < 1.29 is 51.8 Å². The maximum absolute atomic E-state index is 14.8. The molecular formula is C126H125F2N11O9. The molecule has 752 valence electrons. The van der Waals surface area contributed by atoms with Gasteiger partial charge in [-0.2, -0.15) is 0 Å². The van der Waals surface area contributed by atoms with Crippen LogP contribution in [-0.4, -0.2) is 105 Å². The minimum atomic E-state index is -0.592. The third kappa shape index (κ3) is 24.5. The van der Waals surface area contributed by atoms with Gasteiger partial charge in [0.2, 0.25) is 0 Å². The molecule has 20 nitrogen and oxygen atoms in total. The van der Waals surface area contributed by atoms with Crippen molar-refractivity contribution >= 4 is 39.1 Å². The highest BCUT2D eigenvalue weighted by Crippen LogP contribution is 2.46. The lowest BCUT2D eigenvalue weighted by atomic mass is 10.0. The van der Waals surface area contributed by atoms with Gasteiger partial charge in [-0.1, -0.05) is 48.5 Å². The van der Waals surface area contributed by atoms with Gasteiger partial charge >= 0.3 is 0 Å². The zero-order valence-corrected chi connectivity index (χ0v) is 86.9. The summed E-state index contributed by atoms with van der Waals surface area (Å²) in [7, 11) is 2.07. The van der Waals surface area contributed by atoms with E-state index < -0.39 is 5.60 Å². The Hall–Kier alpha value is -16.6. The maximum Gasteiger partial charge on any atom is 0.165 e. The largest absolute Gasteiger partial charge is 0.491 e. The fourth-order valence-electron chi connectivity index (χ4n) is 17.7. The van der Waals surface area contributed by atoms with Crippen LogP contribution in [0.5, 0.6) is 46.0 Å². The van der Waals surface area contributed by atoms with E-state index in [0.29, 0.717) is 11.3 Å². The lowest BCUT2D eigenvalue weighted by Gasteiger charge is -2.21. The molecule has 10 aromatic carbocycles. The molecular weight excluding hydrogens is 1850 g/mol. The van der Waals surface area contributed by atoms with E-state index in [0.717, 1.165) is 176 Å². The fraction of sp³-hybridized carbons (Fsp3) is 0.230. The number of aromatic nitrogens is 11. The van der Waals surface area contributed by atoms with E-state index in [1.807, 2.05) is 295 Å². The average molecular weight is 1980 g/mol. The second kappa shape index (κ2) is 44.2. The molecule has 0 aliphatic heterocycles. The first-order chi connectivity index (χ1) is 71.2. The molecule has 0 spiro atoms. The number of benzene rings is 10. The van der Waals surface area contributed by atoms with Crippen molar-refractivity contribution in [3.8, 4) is 158 Å². The number of hydrogen-bond donors (Lipinski definition) is 1. The van der Waals surface area contributed by atoms with Crippen LogP contribution in [0.1, 0.15) is 136 Å². The summed E-state index contributed by atoms with van der Waals surface area (Å²) in [5.74, 6) is 5.28. The second-order valence-electron chi connectivity index (χ2n) is 40.1. The summed E-state index contributed by atoms with van der Waals surface area (Å²) in [4.78, 5) is 22.7. The van der Waals surface area contributed by atoms with E-state index in [4.69, 9.17) is 37.9 Å². The summed E-state index contributed by atoms with van der Waals surface area (Å²) in [6.07, 6.45) is 24.2. The number of imidazole rings is 5. The van der Waals surface area contributed by atoms with Gasteiger partial charge in [0.15, 0.2) is 11.6 Å². The lowest BCUT2D eigenvalue weighted by molar-refractivity contribution is 0.131. The average Bonchev–Trinajstić information content (AvgIpc) is 1.63. The van der Waals surface area contributed by atoms with Gasteiger partial charge in [-0.05, 0) is 417 Å². The number of halogens is 2. The fourth-order valence-corrected chi connectivity index (χ4v) is 17.7. The molecule has 0 bridgehead atoms. The minimum Gasteiger partial charge on any atom is -0.491 e. The van der Waals surface area contributed by atoms with Crippen LogP contribution < -0.4 is 37.9 Å². The number of rotatable bonds is 26. The smallest absolute Gasteiger partial charge is 0.165 e. The number of fused-ring (bicyclic) bond motifs is 6. The van der Waals surface area contributed by atoms with Gasteiger partial charge in [0.05, 0.1) is 108 Å². The van der Waals surface area contributed by atoms with E-state index in [-0.39, 0.29) is 65.7 Å². The molecule has 1 N–H and O–H groups in total. The van der Waals surface area contributed by atoms with Crippen LogP contribution in [0.4, 0.5) is 8.78 Å². The molecule has 11 aromatic heterocycles. The third-order valence-electron chi connectivity index (χ3n) is 24.7. The van der Waals surface area contributed by atoms with Gasteiger partial charge in [0.1, 0.15) is 79.9 Å². The van der Waals surface area contributed by atoms with Crippen molar-refractivity contribution in [2.45, 2.75) is 184 Å². The molecule has 0 saturated heterocycles. The van der Waals surface area contributed by atoms with Crippen LogP contribution in [0.25, 0.3) is 151 Å². The van der Waals surface area contributed by atoms with Gasteiger partial charge in [0.25, 0.3) is 0 Å². The van der Waals surface area contributed by atoms with Crippen molar-refractivity contribution in [3.63, 3.8) is 0 Å². The van der Waals surface area contributed by atoms with Gasteiger partial charge in [-0.25, -0.2) is 33.7 Å². The number of aryl methyl sites for hydroxylation is 1. The molecule has 21 aromatic rings. The molecule has 1 fully saturated rings. The third-order valence-corrected chi connectivity index (χ3v) is 24.7. The molecule has 1 aliphatic carbocycles. The molecule has 0 unspecified atom stereocenters. The minimum absolute atomic E-state index is 0.00238. The van der Waals surface area contributed by atoms with E-state index in [2.05, 4.69) is 211 Å². The molecule has 0 amide bonds. The van der Waals surface area contributed by atoms with Crippen LogP contribution in [0.3, 0.4) is 0 Å². The Kier molecular flexibility index (Phi) is 30.3. The van der Waals surface area contributed by atoms with Gasteiger partial charge in [0, 0.05) is 100 Å². The lowest BCUT2D eigenvalue weighted by Crippen LogP contribution is -2.22. The summed E-state index contributed by atoms with van der Waals surface area (Å²) < 4.78 is 87.5. The topological polar surface area (TPSA) is 186 Å². The van der Waals surface area contributed by atoms with Crippen LogP contribution in [-0.2, 0) is 12.6 Å². The Morgan fingerprint density at radius 2 is 0.554 bits per heavy atom. The number of aliphatic hydroxyl groups is 1. The predicted octanol–water partition coefficient (Wildman–Crippen LogP) is 30.8. The highest BCUT2D eigenvalue weighted by Gasteiger charge is 2.42. The van der Waals surface area contributed by atoms with Crippen molar-refractivity contribution in [2.75, 3.05) is 0 Å². The van der Waals surface area contributed by atoms with Crippen molar-refractivity contribution in [2.24, 2.45) is 7.05 Å². The quantitative estimate of drug-likeness (QED) is 0.0540. The molecule has 0 radical (unpaired) electrons. The number of nitrogens with zero attached hydrogens (tertiary/aromatic N) is 11. The number of hydrogen-bond acceptors (Lipinski definition) is 14. The summed E-state index contributed by atoms with van der Waals surface area (Å²) in [6, 6.07) is 95.8. The Morgan fingerprint density at radius 3 is 0.878 bits per heavy atom. The molecule has 11 heterocycles. The van der Waals surface area contributed by atoms with E-state index in [1.54, 1.807) is 18.2 Å². The Labute approximate surface area is 863 Å². The van der Waals surface area contributed by atoms with Crippen molar-refractivity contribution in [1.29, 1.82) is 0 Å². The maximum atomic E-state index is 14.8. The molecule has 22 rings (SSSR count). The van der Waals surface area contributed by atoms with Gasteiger partial charge in [-0.3, -0.25) is 22.0 Å². The number of ether oxygens (including phenoxy) is 8. The summed E-state index contributed by atoms with van der Waals surface area (Å²) in [5.41, 5.74) is 26.1. The highest BCUT2D eigenvalue weighted by molar-refractivity contribution is 5.86. The molecule has 1 saturated carbocycles. The standard InChI is InChI=1S/C26H28N2O2.2C25H25FN2O2.C25H23N3O.C25H24N2O2/c1-18(2)29-22-11-8-20(9-12-22)24-16-27-25-15-10-21(17-28(24)25)19-6-13-23(14-7-19)30-26(3,4)5;1-16(2)29-21-9-5-18(6-10-21)23-14-27-25-12-8-20(15-28(23)25)19-7-11-24(22(26)13-19)30-17(3)4;1-16(2)29-20-8-5-18(6-9-20)24-14-27-25-12-7-19(15-28(24)25)22-11-10-21(13-23(22)26)30-17(3)4;1-17(2)29-22-8-4-18(5-9-22)24-15-26-25-11-7-21(16-28(24)25)19-6-10-23-20(14-19)12-13-27(23)3;1-17(2)29-22-10-5-19(6-11-22)23-15-26-24-12-7-20(16-27(23)24)18-3-8-21(9-4-18)25(28)13-14-25/h6-18H,1-5H3;2*5-17H,1-4H3;4-17H,1-3H3;3-12,15-17,28H,13-14H2,1-2H3. The van der Waals surface area contributed by atoms with E-state index in [1.165, 1.54) is 34.2 Å². The Bertz CT molecular complexity index is 8150. The first-order valence-electron chi connectivity index (χ1n) is 50.5. The first kappa shape index (κ1) is 101. The molecule has 1 aliphatic rings. The normalized spacial score (nSPS) is 12.2. The summed E-state index contributed by atoms with van der Waals surface area (Å²) in [5, 5.41) is 11.5. The monoisotopic (exact) mass is 1970 g/mol. The summed E-state index contributed by atoms with van der Waals surface area (Å²) >= 11 is 0. The zero-order valence-electron chi connectivity index (χ0n) is 86.9. The summed E-state index contributed by atoms with van der Waals surface area (Å²) in [6.45, 7) is 33.9. The zero-order chi connectivity index (χ0) is 104. The first-order valence-corrected chi connectivity index (χ1v) is 50.5. The van der Waals surface area contributed by atoms with Crippen molar-refractivity contribution in [3.05, 3.63) is 377 Å². The molecule has 0 atom stereocenters. The second-order valence-corrected chi connectivity index (χ2v) is 40.1. The predicted molar refractivity (Wildman–Crippen MR) is 591 cm³/mol. The van der Waals surface area contributed by atoms with Crippen LogP contribution in [0.15, 0.2) is 359 Å². The molecule has 22 heteroatoms. The van der Waals surface area contributed by atoms with Crippen LogP contribution in [0, 0.1) is 11.6 Å². The van der Waals surface area contributed by atoms with Crippen molar-refractivity contribution in [1.82, 2.24) is 51.5 Å². The van der Waals surface area contributed by atoms with Crippen LogP contribution in [0.2, 0.25) is 0 Å². The molecule has 148 heavy (non-hydrogen) atoms. The SMILES string of the molecule is CC(C)Oc1ccc(-c2cnc3ccc(-c4ccc(C5(O)CC5)cc4)cn23)cc1.CC(C)Oc1ccc(-c2cnc3ccc(-c4ccc(OC(C)(C)C)cc4)cn23)cc1.CC(C)Oc1ccc(-c2cnc3ccc(-c4ccc(OC(C)C)c(F)c4)cn23)cc1.CC(C)Oc1ccc(-c2cnc3ccc(-c4ccc(OC(C)C)cc4F)cn23)cc1.CC(C)Oc1ccc(-c2cnc3ccc(-c4ccc5c(ccn5C)c4)cn23)cc1. The number of pyridine rings is 5. The van der Waals surface area contributed by atoms with Gasteiger partial charge in [-0.15, -0.1) is 0 Å². The van der Waals surface area contributed by atoms with Crippen LogP contribution >= 0.6 is 0 Å². The van der Waals surface area contributed by atoms with Gasteiger partial charge < -0.3 is 47.6 Å².